The van der Waals surface area contributed by atoms with Crippen LogP contribution in [0.2, 0.25) is 0 Å². The summed E-state index contributed by atoms with van der Waals surface area (Å²) in [6, 6.07) is 8.19. The largest absolute Gasteiger partial charge is 0.357 e. The van der Waals surface area contributed by atoms with Gasteiger partial charge in [-0.1, -0.05) is 13.8 Å². The minimum absolute atomic E-state index is 0.0767. The van der Waals surface area contributed by atoms with E-state index in [2.05, 4.69) is 66.1 Å². The van der Waals surface area contributed by atoms with Gasteiger partial charge in [-0.15, -0.1) is 0 Å². The molecule has 0 heterocycles. The molecule has 0 saturated carbocycles. The van der Waals surface area contributed by atoms with E-state index in [-0.39, 0.29) is 5.54 Å². The van der Waals surface area contributed by atoms with Crippen LogP contribution in [-0.4, -0.2) is 10.7 Å². The van der Waals surface area contributed by atoms with Crippen molar-refractivity contribution in [1.29, 1.82) is 0 Å². The number of hydrogen-bond acceptors (Lipinski definition) is 1. The molecule has 0 unspecified atom stereocenters. The average Bonchev–Trinajstić information content (AvgIpc) is 2.32. The highest BCUT2D eigenvalue weighted by atomic mass is 127. The fourth-order valence-electron chi connectivity index (χ4n) is 1.40. The maximum atomic E-state index is 5.33. The summed E-state index contributed by atoms with van der Waals surface area (Å²) < 4.78 is 1.22. The Balaban J connectivity index is 2.58. The molecule has 0 atom stereocenters. The Morgan fingerprint density at radius 1 is 1.24 bits per heavy atom. The molecule has 94 valence electrons. The molecular weight excluding hydrogens is 343 g/mol. The molecule has 0 aliphatic rings. The van der Waals surface area contributed by atoms with Crippen LogP contribution < -0.4 is 10.6 Å². The quantitative estimate of drug-likeness (QED) is 0.621. The third kappa shape index (κ3) is 4.79. The van der Waals surface area contributed by atoms with E-state index >= 15 is 0 Å². The van der Waals surface area contributed by atoms with Gasteiger partial charge in [-0.05, 0) is 78.8 Å². The van der Waals surface area contributed by atoms with Crippen LogP contribution in [0, 0.1) is 3.57 Å². The summed E-state index contributed by atoms with van der Waals surface area (Å²) in [7, 11) is 0. The van der Waals surface area contributed by atoms with Crippen LogP contribution in [0.3, 0.4) is 0 Å². The third-order valence-corrected chi connectivity index (χ3v) is 4.00. The first kappa shape index (κ1) is 14.7. The summed E-state index contributed by atoms with van der Waals surface area (Å²) in [5, 5.41) is 7.28. The van der Waals surface area contributed by atoms with Gasteiger partial charge >= 0.3 is 0 Å². The molecule has 1 aromatic carbocycles. The van der Waals surface area contributed by atoms with E-state index in [9.17, 15) is 0 Å². The highest BCUT2D eigenvalue weighted by Gasteiger charge is 2.19. The fourth-order valence-corrected chi connectivity index (χ4v) is 2.12. The standard InChI is InChI=1S/C13H19IN2S/c1-4-13(3,5-2)16-12(17)15-11-8-6-10(14)7-9-11/h6-9H,4-5H2,1-3H3,(H2,15,16,17). The van der Waals surface area contributed by atoms with E-state index in [0.29, 0.717) is 5.11 Å². The fraction of sp³-hybridized carbons (Fsp3) is 0.462. The summed E-state index contributed by atoms with van der Waals surface area (Å²) in [4.78, 5) is 0. The molecule has 0 amide bonds. The molecule has 4 heteroatoms. The van der Waals surface area contributed by atoms with E-state index in [1.54, 1.807) is 0 Å². The van der Waals surface area contributed by atoms with Crippen LogP contribution in [0.25, 0.3) is 0 Å². The molecule has 0 bridgehead atoms. The Hall–Kier alpha value is -0.360. The van der Waals surface area contributed by atoms with Gasteiger partial charge in [0.2, 0.25) is 0 Å². The molecule has 0 fully saturated rings. The summed E-state index contributed by atoms with van der Waals surface area (Å²) >= 11 is 7.61. The van der Waals surface area contributed by atoms with Gasteiger partial charge in [0.1, 0.15) is 0 Å². The Morgan fingerprint density at radius 3 is 2.24 bits per heavy atom. The first-order valence-corrected chi connectivity index (χ1v) is 7.32. The Morgan fingerprint density at radius 2 is 1.76 bits per heavy atom. The predicted octanol–water partition coefficient (Wildman–Crippen LogP) is 4.16. The summed E-state index contributed by atoms with van der Waals surface area (Å²) in [6.07, 6.45) is 2.11. The Bertz CT molecular complexity index is 372. The number of nitrogens with one attached hydrogen (secondary N) is 2. The molecule has 1 rings (SSSR count). The molecule has 0 saturated heterocycles. The molecule has 0 aliphatic carbocycles. The predicted molar refractivity (Wildman–Crippen MR) is 87.5 cm³/mol. The molecular formula is C13H19IN2S. The monoisotopic (exact) mass is 362 g/mol. The van der Waals surface area contributed by atoms with E-state index < -0.39 is 0 Å². The van der Waals surface area contributed by atoms with Gasteiger partial charge in [0, 0.05) is 14.8 Å². The van der Waals surface area contributed by atoms with Crippen molar-refractivity contribution in [1.82, 2.24) is 5.32 Å². The molecule has 0 aromatic heterocycles. The van der Waals surface area contributed by atoms with Gasteiger partial charge in [0.15, 0.2) is 5.11 Å². The second-order valence-corrected chi connectivity index (χ2v) is 6.01. The lowest BCUT2D eigenvalue weighted by atomic mass is 9.96. The lowest BCUT2D eigenvalue weighted by molar-refractivity contribution is 0.391. The first-order valence-electron chi connectivity index (χ1n) is 5.84. The number of halogens is 1. The Kier molecular flexibility index (Phi) is 5.66. The van der Waals surface area contributed by atoms with Gasteiger partial charge in [-0.3, -0.25) is 0 Å². The van der Waals surface area contributed by atoms with E-state index in [1.807, 2.05) is 12.1 Å². The lowest BCUT2D eigenvalue weighted by Gasteiger charge is -2.29. The van der Waals surface area contributed by atoms with Crippen LogP contribution in [0.1, 0.15) is 33.6 Å². The average molecular weight is 362 g/mol. The Labute approximate surface area is 123 Å². The van der Waals surface area contributed by atoms with Crippen LogP contribution >= 0.6 is 34.8 Å². The minimum Gasteiger partial charge on any atom is -0.357 e. The topological polar surface area (TPSA) is 24.1 Å². The van der Waals surface area contributed by atoms with Crippen molar-refractivity contribution in [3.63, 3.8) is 0 Å². The molecule has 1 aromatic rings. The zero-order valence-electron chi connectivity index (χ0n) is 10.5. The van der Waals surface area contributed by atoms with Crippen molar-refractivity contribution in [3.05, 3.63) is 27.8 Å². The van der Waals surface area contributed by atoms with Gasteiger partial charge < -0.3 is 10.6 Å². The van der Waals surface area contributed by atoms with E-state index in [1.165, 1.54) is 3.57 Å². The van der Waals surface area contributed by atoms with Gasteiger partial charge in [-0.25, -0.2) is 0 Å². The molecule has 0 spiro atoms. The van der Waals surface area contributed by atoms with Crippen molar-refractivity contribution in [2.75, 3.05) is 5.32 Å². The molecule has 0 radical (unpaired) electrons. The second-order valence-electron chi connectivity index (χ2n) is 4.35. The zero-order chi connectivity index (χ0) is 12.9. The van der Waals surface area contributed by atoms with Crippen LogP contribution in [0.4, 0.5) is 5.69 Å². The number of thiocarbonyl (C=S) groups is 1. The number of anilines is 1. The SMILES string of the molecule is CCC(C)(CC)NC(=S)Nc1ccc(I)cc1. The van der Waals surface area contributed by atoms with E-state index in [0.717, 1.165) is 18.5 Å². The third-order valence-electron chi connectivity index (χ3n) is 3.08. The zero-order valence-corrected chi connectivity index (χ0v) is 13.5. The van der Waals surface area contributed by atoms with Gasteiger partial charge in [0.05, 0.1) is 0 Å². The van der Waals surface area contributed by atoms with Gasteiger partial charge in [0.25, 0.3) is 0 Å². The lowest BCUT2D eigenvalue weighted by Crippen LogP contribution is -2.46. The molecule has 0 aliphatic heterocycles. The van der Waals surface area contributed by atoms with Crippen LogP contribution in [0.5, 0.6) is 0 Å². The maximum Gasteiger partial charge on any atom is 0.171 e. The minimum atomic E-state index is 0.0767. The second kappa shape index (κ2) is 6.54. The summed E-state index contributed by atoms with van der Waals surface area (Å²) in [6.45, 7) is 6.53. The van der Waals surface area contributed by atoms with Crippen molar-refractivity contribution in [3.8, 4) is 0 Å². The molecule has 2 nitrogen and oxygen atoms in total. The number of hydrogen-bond donors (Lipinski definition) is 2. The number of rotatable bonds is 4. The van der Waals surface area contributed by atoms with Crippen molar-refractivity contribution in [2.45, 2.75) is 39.2 Å². The van der Waals surface area contributed by atoms with Crippen molar-refractivity contribution in [2.24, 2.45) is 0 Å². The van der Waals surface area contributed by atoms with Crippen LogP contribution in [-0.2, 0) is 0 Å². The molecule has 17 heavy (non-hydrogen) atoms. The smallest absolute Gasteiger partial charge is 0.171 e. The number of benzene rings is 1. The first-order chi connectivity index (χ1) is 7.99. The van der Waals surface area contributed by atoms with Crippen LogP contribution in [0.15, 0.2) is 24.3 Å². The summed E-state index contributed by atoms with van der Waals surface area (Å²) in [5.74, 6) is 0. The molecule has 2 N–H and O–H groups in total. The highest BCUT2D eigenvalue weighted by Crippen LogP contribution is 2.15. The van der Waals surface area contributed by atoms with Gasteiger partial charge in [-0.2, -0.15) is 0 Å². The van der Waals surface area contributed by atoms with Crippen molar-refractivity contribution >= 4 is 45.6 Å². The maximum absolute atomic E-state index is 5.33. The highest BCUT2D eigenvalue weighted by molar-refractivity contribution is 14.1. The van der Waals surface area contributed by atoms with E-state index in [4.69, 9.17) is 12.2 Å². The normalized spacial score (nSPS) is 11.1. The van der Waals surface area contributed by atoms with Crippen molar-refractivity contribution < 1.29 is 0 Å². The summed E-state index contributed by atoms with van der Waals surface area (Å²) in [5.41, 5.74) is 1.10.